The van der Waals surface area contributed by atoms with Gasteiger partial charge in [-0.05, 0) is 36.2 Å². The van der Waals surface area contributed by atoms with Gasteiger partial charge in [0.2, 0.25) is 5.91 Å². The number of aromatic nitrogens is 1. The van der Waals surface area contributed by atoms with Gasteiger partial charge >= 0.3 is 0 Å². The van der Waals surface area contributed by atoms with Gasteiger partial charge < -0.3 is 10.3 Å². The topological polar surface area (TPSA) is 44.9 Å². The molecule has 3 rings (SSSR count). The molecule has 0 saturated carbocycles. The minimum absolute atomic E-state index is 0.0502. The van der Waals surface area contributed by atoms with Crippen molar-refractivity contribution < 1.29 is 9.18 Å². The van der Waals surface area contributed by atoms with Gasteiger partial charge in [-0.2, -0.15) is 0 Å². The minimum atomic E-state index is -0.287. The molecular formula is C18H17FN2O. The first-order chi connectivity index (χ1) is 10.6. The highest BCUT2D eigenvalue weighted by Gasteiger charge is 2.09. The lowest BCUT2D eigenvalue weighted by Gasteiger charge is -2.05. The maximum Gasteiger partial charge on any atom is 0.224 e. The Kier molecular flexibility index (Phi) is 3.92. The molecule has 3 nitrogen and oxygen atoms in total. The molecular weight excluding hydrogens is 279 g/mol. The number of hydrogen-bond donors (Lipinski definition) is 2. The van der Waals surface area contributed by atoms with Gasteiger partial charge in [0.05, 0.1) is 6.42 Å². The molecule has 0 aliphatic heterocycles. The van der Waals surface area contributed by atoms with Crippen molar-refractivity contribution in [2.45, 2.75) is 19.9 Å². The van der Waals surface area contributed by atoms with Crippen molar-refractivity contribution in [2.75, 3.05) is 0 Å². The predicted molar refractivity (Wildman–Crippen MR) is 85.0 cm³/mol. The molecule has 1 amide bonds. The third-order valence-corrected chi connectivity index (χ3v) is 3.69. The van der Waals surface area contributed by atoms with Crippen LogP contribution in [0.3, 0.4) is 0 Å². The lowest BCUT2D eigenvalue weighted by atomic mass is 10.1. The van der Waals surface area contributed by atoms with Crippen LogP contribution in [0.25, 0.3) is 10.9 Å². The second-order valence-electron chi connectivity index (χ2n) is 5.44. The number of H-pyrrole nitrogens is 1. The van der Waals surface area contributed by atoms with Crippen LogP contribution in [0.2, 0.25) is 0 Å². The maximum atomic E-state index is 13.1. The SMILES string of the molecule is Cc1ccc(CNC(=O)Cc2c[nH]c3cc(F)ccc23)cc1. The van der Waals surface area contributed by atoms with Gasteiger partial charge in [0.25, 0.3) is 0 Å². The minimum Gasteiger partial charge on any atom is -0.361 e. The molecule has 2 N–H and O–H groups in total. The summed E-state index contributed by atoms with van der Waals surface area (Å²) in [7, 11) is 0. The summed E-state index contributed by atoms with van der Waals surface area (Å²) in [6.07, 6.45) is 2.03. The number of fused-ring (bicyclic) bond motifs is 1. The predicted octanol–water partition coefficient (Wildman–Crippen LogP) is 3.47. The van der Waals surface area contributed by atoms with E-state index in [0.717, 1.165) is 16.5 Å². The smallest absolute Gasteiger partial charge is 0.224 e. The number of amides is 1. The molecule has 4 heteroatoms. The van der Waals surface area contributed by atoms with E-state index in [9.17, 15) is 9.18 Å². The van der Waals surface area contributed by atoms with E-state index in [1.165, 1.54) is 17.7 Å². The molecule has 2 aromatic carbocycles. The number of hydrogen-bond acceptors (Lipinski definition) is 1. The number of aromatic amines is 1. The first-order valence-electron chi connectivity index (χ1n) is 7.19. The Labute approximate surface area is 128 Å². The summed E-state index contributed by atoms with van der Waals surface area (Å²) in [5, 5.41) is 3.79. The van der Waals surface area contributed by atoms with Crippen LogP contribution in [-0.2, 0) is 17.8 Å². The van der Waals surface area contributed by atoms with Crippen LogP contribution in [0.4, 0.5) is 4.39 Å². The van der Waals surface area contributed by atoms with Crippen molar-refractivity contribution in [1.29, 1.82) is 0 Å². The van der Waals surface area contributed by atoms with Crippen LogP contribution in [-0.4, -0.2) is 10.9 Å². The molecule has 3 aromatic rings. The molecule has 22 heavy (non-hydrogen) atoms. The third-order valence-electron chi connectivity index (χ3n) is 3.69. The Morgan fingerprint density at radius 2 is 1.95 bits per heavy atom. The monoisotopic (exact) mass is 296 g/mol. The Bertz CT molecular complexity index is 806. The fourth-order valence-electron chi connectivity index (χ4n) is 2.45. The quantitative estimate of drug-likeness (QED) is 0.760. The molecule has 1 aromatic heterocycles. The summed E-state index contributed by atoms with van der Waals surface area (Å²) in [6.45, 7) is 2.54. The zero-order chi connectivity index (χ0) is 15.5. The lowest BCUT2D eigenvalue weighted by molar-refractivity contribution is -0.120. The van der Waals surface area contributed by atoms with E-state index in [4.69, 9.17) is 0 Å². The van der Waals surface area contributed by atoms with Gasteiger partial charge in [0, 0.05) is 23.6 Å². The normalized spacial score (nSPS) is 10.8. The van der Waals surface area contributed by atoms with Gasteiger partial charge in [-0.15, -0.1) is 0 Å². The van der Waals surface area contributed by atoms with Crippen molar-refractivity contribution in [3.63, 3.8) is 0 Å². The van der Waals surface area contributed by atoms with Crippen molar-refractivity contribution in [1.82, 2.24) is 10.3 Å². The van der Waals surface area contributed by atoms with Crippen LogP contribution < -0.4 is 5.32 Å². The number of carbonyl (C=O) groups excluding carboxylic acids is 1. The number of rotatable bonds is 4. The number of nitrogens with one attached hydrogen (secondary N) is 2. The second-order valence-corrected chi connectivity index (χ2v) is 5.44. The molecule has 0 aliphatic carbocycles. The second kappa shape index (κ2) is 6.02. The molecule has 0 radical (unpaired) electrons. The third kappa shape index (κ3) is 3.17. The molecule has 0 spiro atoms. The van der Waals surface area contributed by atoms with Gasteiger partial charge in [-0.1, -0.05) is 29.8 Å². The number of halogens is 1. The number of aryl methyl sites for hydroxylation is 1. The summed E-state index contributed by atoms with van der Waals surface area (Å²) in [6, 6.07) is 12.6. The van der Waals surface area contributed by atoms with Gasteiger partial charge in [0.1, 0.15) is 5.82 Å². The summed E-state index contributed by atoms with van der Waals surface area (Å²) >= 11 is 0. The molecule has 112 valence electrons. The Morgan fingerprint density at radius 3 is 2.73 bits per heavy atom. The average molecular weight is 296 g/mol. The van der Waals surface area contributed by atoms with Crippen LogP contribution in [0.5, 0.6) is 0 Å². The molecule has 0 unspecified atom stereocenters. The van der Waals surface area contributed by atoms with E-state index in [0.29, 0.717) is 12.1 Å². The molecule has 1 heterocycles. The fraction of sp³-hybridized carbons (Fsp3) is 0.167. The maximum absolute atomic E-state index is 13.1. The van der Waals surface area contributed by atoms with E-state index in [1.54, 1.807) is 12.3 Å². The summed E-state index contributed by atoms with van der Waals surface area (Å²) < 4.78 is 13.1. The Morgan fingerprint density at radius 1 is 1.18 bits per heavy atom. The molecule has 0 saturated heterocycles. The number of carbonyl (C=O) groups is 1. The van der Waals surface area contributed by atoms with Gasteiger partial charge in [0.15, 0.2) is 0 Å². The summed E-state index contributed by atoms with van der Waals surface area (Å²) in [5.41, 5.74) is 3.85. The molecule has 0 fully saturated rings. The highest BCUT2D eigenvalue weighted by Crippen LogP contribution is 2.19. The molecule has 0 bridgehead atoms. The highest BCUT2D eigenvalue weighted by atomic mass is 19.1. The Balaban J connectivity index is 1.64. The first-order valence-corrected chi connectivity index (χ1v) is 7.19. The van der Waals surface area contributed by atoms with Crippen LogP contribution in [0, 0.1) is 12.7 Å². The van der Waals surface area contributed by atoms with Crippen LogP contribution in [0.1, 0.15) is 16.7 Å². The van der Waals surface area contributed by atoms with Gasteiger partial charge in [-0.3, -0.25) is 4.79 Å². The molecule has 0 aliphatic rings. The summed E-state index contributed by atoms with van der Waals surface area (Å²) in [4.78, 5) is 15.1. The van der Waals surface area contributed by atoms with E-state index in [1.807, 2.05) is 31.2 Å². The van der Waals surface area contributed by atoms with Gasteiger partial charge in [-0.25, -0.2) is 4.39 Å². The zero-order valence-electron chi connectivity index (χ0n) is 12.3. The van der Waals surface area contributed by atoms with Crippen molar-refractivity contribution in [3.05, 3.63) is 71.2 Å². The van der Waals surface area contributed by atoms with Crippen molar-refractivity contribution >= 4 is 16.8 Å². The van der Waals surface area contributed by atoms with Crippen LogP contribution >= 0.6 is 0 Å². The zero-order valence-corrected chi connectivity index (χ0v) is 12.3. The average Bonchev–Trinajstić information content (AvgIpc) is 2.89. The molecule has 0 atom stereocenters. The summed E-state index contributed by atoms with van der Waals surface area (Å²) in [5.74, 6) is -0.337. The number of benzene rings is 2. The van der Waals surface area contributed by atoms with Crippen molar-refractivity contribution in [2.24, 2.45) is 0 Å². The van der Waals surface area contributed by atoms with Crippen LogP contribution in [0.15, 0.2) is 48.7 Å². The van der Waals surface area contributed by atoms with E-state index < -0.39 is 0 Å². The largest absolute Gasteiger partial charge is 0.361 e. The fourth-order valence-corrected chi connectivity index (χ4v) is 2.45. The van der Waals surface area contributed by atoms with E-state index >= 15 is 0 Å². The van der Waals surface area contributed by atoms with Crippen molar-refractivity contribution in [3.8, 4) is 0 Å². The van der Waals surface area contributed by atoms with E-state index in [2.05, 4.69) is 10.3 Å². The van der Waals surface area contributed by atoms with E-state index in [-0.39, 0.29) is 18.1 Å². The lowest BCUT2D eigenvalue weighted by Crippen LogP contribution is -2.24. The first kappa shape index (κ1) is 14.3. The standard InChI is InChI=1S/C18H17FN2O/c1-12-2-4-13(5-3-12)10-21-18(22)8-14-11-20-17-9-15(19)6-7-16(14)17/h2-7,9,11,20H,8,10H2,1H3,(H,21,22). The Hall–Kier alpha value is -2.62. The highest BCUT2D eigenvalue weighted by molar-refractivity contribution is 5.88.